The Kier molecular flexibility index (Phi) is 21.8. The van der Waals surface area contributed by atoms with Gasteiger partial charge >= 0.3 is 24.2 Å². The first-order valence-corrected chi connectivity index (χ1v) is 28.0. The fourth-order valence-corrected chi connectivity index (χ4v) is 12.1. The highest BCUT2D eigenvalue weighted by atomic mass is 79.9. The molecular weight excluding hydrogens is 1200 g/mol. The fourth-order valence-electron chi connectivity index (χ4n) is 10.9. The van der Waals surface area contributed by atoms with Crippen molar-refractivity contribution in [3.8, 4) is 0 Å². The van der Waals surface area contributed by atoms with Gasteiger partial charge in [-0.3, -0.25) is 24.3 Å². The molecule has 19 nitrogen and oxygen atoms in total. The van der Waals surface area contributed by atoms with E-state index in [0.717, 1.165) is 71.2 Å². The van der Waals surface area contributed by atoms with E-state index >= 15 is 0 Å². The second-order valence-corrected chi connectivity index (χ2v) is 26.0. The van der Waals surface area contributed by atoms with E-state index in [0.29, 0.717) is 34.1 Å². The molecule has 3 aliphatic heterocycles. The number of hydrogen-bond acceptors (Lipinski definition) is 13. The minimum atomic E-state index is -0.914. The molecule has 11 N–H and O–H groups in total. The molecule has 22 heteroatoms. The SMILES string of the molecule is C.C.CC(C)(C)OC(=O)N1[C@@H]2CC[C@@H](C2)[C@H]1C(=O)Nc1cc(Br)ccc1N.CC(C)(C)OC(=O)N1[C@@H]2CC[C@@H](C2)[C@H]1C(=O)Nc1ccc(Br)cc1N.CC(C)(C)OC(=O)N1[C@@H]2CC[C@@H](C2)[C@H]1C(=O)O.Nc1ccc(Br)cc1N. The van der Waals surface area contributed by atoms with Crippen LogP contribution in [0.5, 0.6) is 0 Å². The summed E-state index contributed by atoms with van der Waals surface area (Å²) in [7, 11) is 0. The number of aliphatic carboxylic acids is 1. The smallest absolute Gasteiger partial charge is 0.411 e. The van der Waals surface area contributed by atoms with Gasteiger partial charge in [0.05, 0.1) is 34.1 Å². The number of anilines is 6. The molecular formula is C56H82Br3N9O10. The second-order valence-electron chi connectivity index (χ2n) is 23.2. The maximum absolute atomic E-state index is 12.9. The number of hydrogen-bond donors (Lipinski definition) is 7. The third kappa shape index (κ3) is 16.5. The zero-order valence-electron chi connectivity index (χ0n) is 44.7. The number of fused-ring (bicyclic) bond motifs is 6. The predicted octanol–water partition coefficient (Wildman–Crippen LogP) is 12.3. The first-order valence-electron chi connectivity index (χ1n) is 25.6. The molecule has 6 aliphatic rings. The van der Waals surface area contributed by atoms with Crippen molar-refractivity contribution in [1.29, 1.82) is 0 Å². The highest BCUT2D eigenvalue weighted by Gasteiger charge is 2.55. The van der Waals surface area contributed by atoms with E-state index in [-0.39, 0.29) is 62.5 Å². The van der Waals surface area contributed by atoms with Gasteiger partial charge in [0.2, 0.25) is 11.8 Å². The molecule has 0 spiro atoms. The number of piperidine rings is 3. The van der Waals surface area contributed by atoms with Gasteiger partial charge in [0.1, 0.15) is 34.9 Å². The van der Waals surface area contributed by atoms with Crippen LogP contribution in [-0.4, -0.2) is 109 Å². The number of nitrogen functional groups attached to an aromatic ring is 4. The minimum absolute atomic E-state index is 0. The number of ether oxygens (including phenoxy) is 3. The van der Waals surface area contributed by atoms with Crippen LogP contribution in [0.15, 0.2) is 68.0 Å². The Morgan fingerprint density at radius 3 is 1.17 bits per heavy atom. The second kappa shape index (κ2) is 26.2. The standard InChI is InChI=1S/2C18H24BrN3O3.C12H19NO4.C6H7BrN2.2CH4/c1-18(2,3)25-17(24)22-12-6-4-10(8-12)15(22)16(23)21-14-7-5-11(19)9-13(14)20;1-18(2,3)25-17(24)22-12-6-4-10(8-12)15(22)16(23)21-14-9-11(19)5-7-13(14)20;1-12(2,3)17-11(16)13-8-5-4-7(6-8)9(13)10(14)15;7-4-1-2-5(8)6(9)3-4;;/h2*5,7,9-10,12,15H,4,6,8,20H2,1-3H3,(H,21,23);7-9H,4-6H2,1-3H3,(H,14,15);1-3H,8-9H2;2*1H4/t2*10-,12+,15-;7-,8+,9-;;;/m000.../s1. The normalized spacial score (nSPS) is 24.1. The highest BCUT2D eigenvalue weighted by Crippen LogP contribution is 2.46. The van der Waals surface area contributed by atoms with E-state index in [2.05, 4.69) is 58.4 Å². The topological polar surface area (TPSA) is 288 Å². The number of carboxylic acids is 1. The van der Waals surface area contributed by atoms with Gasteiger partial charge in [-0.15, -0.1) is 0 Å². The van der Waals surface area contributed by atoms with E-state index in [9.17, 15) is 33.9 Å². The minimum Gasteiger partial charge on any atom is -0.480 e. The molecule has 3 saturated carbocycles. The van der Waals surface area contributed by atoms with Gasteiger partial charge in [-0.1, -0.05) is 62.6 Å². The van der Waals surface area contributed by atoms with Gasteiger partial charge in [0, 0.05) is 31.5 Å². The zero-order valence-corrected chi connectivity index (χ0v) is 49.4. The summed E-state index contributed by atoms with van der Waals surface area (Å²) in [4.78, 5) is 79.0. The highest BCUT2D eigenvalue weighted by molar-refractivity contribution is 9.11. The average Bonchev–Trinajstić information content (AvgIpc) is 4.18. The van der Waals surface area contributed by atoms with Crippen LogP contribution < -0.4 is 33.6 Å². The van der Waals surface area contributed by atoms with Crippen molar-refractivity contribution in [2.45, 2.75) is 188 Å². The molecule has 3 aromatic carbocycles. The third-order valence-electron chi connectivity index (χ3n) is 14.0. The number of nitrogens with zero attached hydrogens (tertiary/aromatic N) is 3. The molecule has 432 valence electrons. The predicted molar refractivity (Wildman–Crippen MR) is 317 cm³/mol. The Morgan fingerprint density at radius 2 is 0.808 bits per heavy atom. The van der Waals surface area contributed by atoms with Gasteiger partial charge in [0.25, 0.3) is 0 Å². The number of carboxylic acid groups (broad SMARTS) is 1. The summed E-state index contributed by atoms with van der Waals surface area (Å²) in [6.45, 7) is 16.3. The monoisotopic (exact) mass is 1280 g/mol. The molecule has 9 rings (SSSR count). The lowest BCUT2D eigenvalue weighted by Crippen LogP contribution is -2.52. The van der Waals surface area contributed by atoms with Crippen molar-refractivity contribution in [2.24, 2.45) is 17.8 Å². The maximum atomic E-state index is 12.9. The van der Waals surface area contributed by atoms with E-state index in [1.807, 2.05) is 59.7 Å². The summed E-state index contributed by atoms with van der Waals surface area (Å²) in [5, 5.41) is 15.0. The van der Waals surface area contributed by atoms with E-state index in [4.69, 9.17) is 37.1 Å². The lowest BCUT2D eigenvalue weighted by atomic mass is 9.98. The van der Waals surface area contributed by atoms with Crippen LogP contribution in [0, 0.1) is 17.8 Å². The summed E-state index contributed by atoms with van der Waals surface area (Å²) in [5.74, 6) is -0.872. The van der Waals surface area contributed by atoms with Crippen molar-refractivity contribution < 1.29 is 48.1 Å². The Balaban J connectivity index is 0.000000234. The number of nitrogens with two attached hydrogens (primary N) is 4. The number of halogens is 3. The number of rotatable bonds is 5. The maximum Gasteiger partial charge on any atom is 0.411 e. The lowest BCUT2D eigenvalue weighted by molar-refractivity contribution is -0.144. The average molecular weight is 1280 g/mol. The van der Waals surface area contributed by atoms with Gasteiger partial charge in [0.15, 0.2) is 0 Å². The van der Waals surface area contributed by atoms with Crippen LogP contribution in [0.25, 0.3) is 0 Å². The van der Waals surface area contributed by atoms with Gasteiger partial charge < -0.3 is 52.9 Å². The number of amides is 5. The largest absolute Gasteiger partial charge is 0.480 e. The molecule has 0 radical (unpaired) electrons. The number of carbonyl (C=O) groups is 6. The van der Waals surface area contributed by atoms with Crippen molar-refractivity contribution >= 4 is 118 Å². The van der Waals surface area contributed by atoms with Crippen molar-refractivity contribution in [2.75, 3.05) is 33.6 Å². The van der Waals surface area contributed by atoms with E-state index in [1.165, 1.54) is 4.90 Å². The Bertz CT molecular complexity index is 2660. The van der Waals surface area contributed by atoms with Crippen LogP contribution in [0.4, 0.5) is 48.5 Å². The summed E-state index contributed by atoms with van der Waals surface area (Å²) in [6.07, 6.45) is 6.75. The molecule has 0 unspecified atom stereocenters. The first kappa shape index (κ1) is 65.0. The molecule has 6 bridgehead atoms. The third-order valence-corrected chi connectivity index (χ3v) is 15.4. The Morgan fingerprint density at radius 1 is 0.474 bits per heavy atom. The Hall–Kier alpha value is -5.48. The number of carbonyl (C=O) groups excluding carboxylic acids is 5. The van der Waals surface area contributed by atoms with Crippen molar-refractivity contribution in [3.63, 3.8) is 0 Å². The first-order chi connectivity index (χ1) is 35.3. The quantitative estimate of drug-likeness (QED) is 0.0924. The zero-order chi connectivity index (χ0) is 56.4. The summed E-state index contributed by atoms with van der Waals surface area (Å²) >= 11 is 9.99. The fraction of sp³-hybridized carbons (Fsp3) is 0.571. The van der Waals surface area contributed by atoms with Crippen molar-refractivity contribution in [1.82, 2.24) is 14.7 Å². The molecule has 3 saturated heterocycles. The molecule has 0 aromatic heterocycles. The van der Waals surface area contributed by atoms with Gasteiger partial charge in [-0.2, -0.15) is 0 Å². The number of likely N-dealkylation sites (tertiary alicyclic amines) is 3. The van der Waals surface area contributed by atoms with Crippen LogP contribution in [0.3, 0.4) is 0 Å². The summed E-state index contributed by atoms with van der Waals surface area (Å²) in [5.41, 5.74) is 24.4. The van der Waals surface area contributed by atoms with E-state index in [1.54, 1.807) is 67.0 Å². The molecule has 9 atom stereocenters. The van der Waals surface area contributed by atoms with Crippen LogP contribution >= 0.6 is 47.8 Å². The van der Waals surface area contributed by atoms with Crippen LogP contribution in [0.1, 0.15) is 135 Å². The molecule has 3 aliphatic carbocycles. The molecule has 3 aromatic rings. The van der Waals surface area contributed by atoms with Gasteiger partial charge in [-0.05, 0) is 192 Å². The summed E-state index contributed by atoms with van der Waals surface area (Å²) in [6, 6.07) is 14.5. The lowest BCUT2D eigenvalue weighted by Gasteiger charge is -2.35. The van der Waals surface area contributed by atoms with Crippen LogP contribution in [-0.2, 0) is 28.6 Å². The van der Waals surface area contributed by atoms with Crippen molar-refractivity contribution in [3.05, 3.63) is 68.0 Å². The molecule has 3 heterocycles. The Labute approximate surface area is 485 Å². The number of nitrogens with one attached hydrogen (secondary N) is 2. The molecule has 6 fully saturated rings. The molecule has 78 heavy (non-hydrogen) atoms. The van der Waals surface area contributed by atoms with Gasteiger partial charge in [-0.25, -0.2) is 19.2 Å². The molecule has 5 amide bonds. The summed E-state index contributed by atoms with van der Waals surface area (Å²) < 4.78 is 18.9. The van der Waals surface area contributed by atoms with Crippen LogP contribution in [0.2, 0.25) is 0 Å². The van der Waals surface area contributed by atoms with E-state index < -0.39 is 59.2 Å². The number of benzene rings is 3.